The van der Waals surface area contributed by atoms with Gasteiger partial charge in [0.05, 0.1) is 12.6 Å². The Labute approximate surface area is 134 Å². The predicted molar refractivity (Wildman–Crippen MR) is 83.7 cm³/mol. The van der Waals surface area contributed by atoms with Crippen molar-refractivity contribution in [2.75, 3.05) is 6.54 Å². The van der Waals surface area contributed by atoms with Gasteiger partial charge >= 0.3 is 0 Å². The molecule has 0 amide bonds. The van der Waals surface area contributed by atoms with Crippen molar-refractivity contribution in [3.63, 3.8) is 0 Å². The molecule has 0 radical (unpaired) electrons. The molecule has 1 aliphatic heterocycles. The van der Waals surface area contributed by atoms with Crippen molar-refractivity contribution in [2.24, 2.45) is 5.73 Å². The fourth-order valence-corrected chi connectivity index (χ4v) is 2.29. The van der Waals surface area contributed by atoms with Gasteiger partial charge in [-0.25, -0.2) is 0 Å². The quantitative estimate of drug-likeness (QED) is 0.879. The zero-order chi connectivity index (χ0) is 12.5. The number of nitrogens with zero attached hydrogens (tertiary/aromatic N) is 3. The number of hydrogen-bond acceptors (Lipinski definition) is 4. The molecule has 1 aliphatic rings. The van der Waals surface area contributed by atoms with Crippen LogP contribution in [0.4, 0.5) is 0 Å². The maximum absolute atomic E-state index is 6.25. The first-order valence-electron chi connectivity index (χ1n) is 5.89. The van der Waals surface area contributed by atoms with Gasteiger partial charge in [0.1, 0.15) is 5.82 Å². The third-order valence-electron chi connectivity index (χ3n) is 3.16. The average molecular weight is 337 g/mol. The molecule has 0 aliphatic carbocycles. The minimum Gasteiger partial charge on any atom is -0.318 e. The fraction of sp³-hybridized carbons (Fsp3) is 0.333. The Morgan fingerprint density at radius 2 is 1.90 bits per heavy atom. The van der Waals surface area contributed by atoms with Crippen molar-refractivity contribution in [3.05, 3.63) is 46.5 Å². The second-order valence-corrected chi connectivity index (χ2v) is 4.77. The van der Waals surface area contributed by atoms with E-state index >= 15 is 0 Å². The Hall–Kier alpha value is -0.850. The first-order chi connectivity index (χ1) is 8.75. The molecule has 0 spiro atoms. The smallest absolute Gasteiger partial charge is 0.154 e. The summed E-state index contributed by atoms with van der Waals surface area (Å²) in [6.45, 7) is 2.53. The molecule has 8 heteroatoms. The van der Waals surface area contributed by atoms with Crippen LogP contribution in [0.15, 0.2) is 24.3 Å². The molecule has 1 aromatic carbocycles. The highest BCUT2D eigenvalue weighted by atomic mass is 35.5. The molecular formula is C12H16Cl3N5. The molecule has 1 unspecified atom stereocenters. The molecule has 0 saturated heterocycles. The van der Waals surface area contributed by atoms with Crippen LogP contribution in [0.3, 0.4) is 0 Å². The topological polar surface area (TPSA) is 68.8 Å². The molecular weight excluding hydrogens is 321 g/mol. The summed E-state index contributed by atoms with van der Waals surface area (Å²) in [6.07, 6.45) is 0. The number of nitrogens with one attached hydrogen (secondary N) is 1. The number of aromatic nitrogens is 3. The second kappa shape index (κ2) is 7.24. The van der Waals surface area contributed by atoms with Crippen LogP contribution in [0, 0.1) is 0 Å². The maximum atomic E-state index is 6.25. The van der Waals surface area contributed by atoms with Gasteiger partial charge in [-0.1, -0.05) is 23.7 Å². The zero-order valence-corrected chi connectivity index (χ0v) is 13.0. The van der Waals surface area contributed by atoms with E-state index in [1.807, 2.05) is 24.3 Å². The maximum Gasteiger partial charge on any atom is 0.154 e. The summed E-state index contributed by atoms with van der Waals surface area (Å²) in [5.74, 6) is 1.76. The van der Waals surface area contributed by atoms with Gasteiger partial charge < -0.3 is 15.6 Å². The van der Waals surface area contributed by atoms with Crippen LogP contribution in [-0.2, 0) is 13.1 Å². The minimum atomic E-state index is -0.262. The van der Waals surface area contributed by atoms with E-state index < -0.39 is 0 Å². The summed E-state index contributed by atoms with van der Waals surface area (Å²) in [5, 5.41) is 12.3. The largest absolute Gasteiger partial charge is 0.318 e. The van der Waals surface area contributed by atoms with Crippen LogP contribution in [0.25, 0.3) is 0 Å². The molecule has 1 aromatic heterocycles. The predicted octanol–water partition coefficient (Wildman–Crippen LogP) is 1.93. The minimum absolute atomic E-state index is 0. The lowest BCUT2D eigenvalue weighted by Gasteiger charge is -2.19. The molecule has 0 saturated carbocycles. The lowest BCUT2D eigenvalue weighted by Crippen LogP contribution is -2.30. The first-order valence-corrected chi connectivity index (χ1v) is 6.27. The van der Waals surface area contributed by atoms with Crippen LogP contribution in [0.2, 0.25) is 5.02 Å². The molecule has 3 N–H and O–H groups in total. The molecule has 110 valence electrons. The van der Waals surface area contributed by atoms with E-state index in [1.54, 1.807) is 0 Å². The molecule has 0 fully saturated rings. The summed E-state index contributed by atoms with van der Waals surface area (Å²) in [7, 11) is 0. The van der Waals surface area contributed by atoms with E-state index in [-0.39, 0.29) is 30.9 Å². The van der Waals surface area contributed by atoms with Crippen molar-refractivity contribution < 1.29 is 0 Å². The van der Waals surface area contributed by atoms with Crippen LogP contribution in [-0.4, -0.2) is 21.3 Å². The average Bonchev–Trinajstić information content (AvgIpc) is 2.82. The van der Waals surface area contributed by atoms with Crippen LogP contribution >= 0.6 is 36.4 Å². The monoisotopic (exact) mass is 335 g/mol. The molecule has 20 heavy (non-hydrogen) atoms. The van der Waals surface area contributed by atoms with Gasteiger partial charge in [0.25, 0.3) is 0 Å². The van der Waals surface area contributed by atoms with Crippen molar-refractivity contribution >= 4 is 36.4 Å². The molecule has 5 nitrogen and oxygen atoms in total. The van der Waals surface area contributed by atoms with E-state index in [0.29, 0.717) is 5.02 Å². The zero-order valence-electron chi connectivity index (χ0n) is 10.6. The standard InChI is InChI=1S/C12H14ClN5.2ClH/c13-9-3-1-8(2-4-9)11(14)12-17-16-10-7-15-5-6-18(10)12;;/h1-4,11,15H,5-7,14H2;2*1H. The van der Waals surface area contributed by atoms with E-state index in [9.17, 15) is 0 Å². The van der Waals surface area contributed by atoms with Gasteiger partial charge in [-0.3, -0.25) is 0 Å². The van der Waals surface area contributed by atoms with Crippen molar-refractivity contribution in [2.45, 2.75) is 19.1 Å². The Kier molecular flexibility index (Phi) is 6.23. The van der Waals surface area contributed by atoms with Gasteiger partial charge in [-0.15, -0.1) is 35.0 Å². The van der Waals surface area contributed by atoms with E-state index in [2.05, 4.69) is 20.1 Å². The molecule has 2 heterocycles. The van der Waals surface area contributed by atoms with Crippen LogP contribution < -0.4 is 11.1 Å². The Bertz CT molecular complexity index is 555. The summed E-state index contributed by atoms with van der Waals surface area (Å²) in [6, 6.07) is 7.27. The van der Waals surface area contributed by atoms with Gasteiger partial charge in [0.15, 0.2) is 5.82 Å². The van der Waals surface area contributed by atoms with Gasteiger partial charge in [0, 0.05) is 18.1 Å². The third kappa shape index (κ3) is 3.24. The van der Waals surface area contributed by atoms with Crippen LogP contribution in [0.1, 0.15) is 23.3 Å². The normalized spacial score (nSPS) is 14.7. The molecule has 0 bridgehead atoms. The number of nitrogens with two attached hydrogens (primary N) is 1. The van der Waals surface area contributed by atoms with Gasteiger partial charge in [0.2, 0.25) is 0 Å². The SMILES string of the molecule is Cl.Cl.NC(c1ccc(Cl)cc1)c1nnc2n1CCNC2. The molecule has 1 atom stereocenters. The number of benzene rings is 1. The highest BCUT2D eigenvalue weighted by Gasteiger charge is 2.21. The highest BCUT2D eigenvalue weighted by Crippen LogP contribution is 2.21. The lowest BCUT2D eigenvalue weighted by molar-refractivity contribution is 0.487. The molecule has 2 aromatic rings. The lowest BCUT2D eigenvalue weighted by atomic mass is 10.1. The number of halogens is 3. The second-order valence-electron chi connectivity index (χ2n) is 4.33. The van der Waals surface area contributed by atoms with E-state index in [1.165, 1.54) is 0 Å². The Morgan fingerprint density at radius 3 is 2.60 bits per heavy atom. The fourth-order valence-electron chi connectivity index (χ4n) is 2.16. The van der Waals surface area contributed by atoms with E-state index in [0.717, 1.165) is 36.8 Å². The van der Waals surface area contributed by atoms with Crippen molar-refractivity contribution in [1.29, 1.82) is 0 Å². The molecule has 3 rings (SSSR count). The Morgan fingerprint density at radius 1 is 1.20 bits per heavy atom. The highest BCUT2D eigenvalue weighted by molar-refractivity contribution is 6.30. The summed E-state index contributed by atoms with van der Waals surface area (Å²) in [5.41, 5.74) is 7.24. The summed E-state index contributed by atoms with van der Waals surface area (Å²) >= 11 is 5.87. The van der Waals surface area contributed by atoms with Gasteiger partial charge in [-0.2, -0.15) is 0 Å². The number of hydrogen-bond donors (Lipinski definition) is 2. The van der Waals surface area contributed by atoms with Crippen LogP contribution in [0.5, 0.6) is 0 Å². The third-order valence-corrected chi connectivity index (χ3v) is 3.41. The van der Waals surface area contributed by atoms with Crippen molar-refractivity contribution in [1.82, 2.24) is 20.1 Å². The Balaban J connectivity index is 0.000001000. The van der Waals surface area contributed by atoms with Crippen molar-refractivity contribution in [3.8, 4) is 0 Å². The van der Waals surface area contributed by atoms with Gasteiger partial charge in [-0.05, 0) is 17.7 Å². The first kappa shape index (κ1) is 17.2. The summed E-state index contributed by atoms with van der Waals surface area (Å²) in [4.78, 5) is 0. The number of rotatable bonds is 2. The summed E-state index contributed by atoms with van der Waals surface area (Å²) < 4.78 is 2.09. The van der Waals surface area contributed by atoms with E-state index in [4.69, 9.17) is 17.3 Å². The number of fused-ring (bicyclic) bond motifs is 1.